The molecule has 1 aromatic carbocycles. The van der Waals surface area contributed by atoms with Gasteiger partial charge in [0, 0.05) is 24.9 Å². The summed E-state index contributed by atoms with van der Waals surface area (Å²) in [6.07, 6.45) is 2.59. The summed E-state index contributed by atoms with van der Waals surface area (Å²) < 4.78 is 10.6. The van der Waals surface area contributed by atoms with E-state index in [1.807, 2.05) is 30.0 Å². The van der Waals surface area contributed by atoms with Crippen LogP contribution in [0.1, 0.15) is 45.7 Å². The summed E-state index contributed by atoms with van der Waals surface area (Å²) in [7, 11) is 1.67. The summed E-state index contributed by atoms with van der Waals surface area (Å²) in [6.45, 7) is 4.13. The van der Waals surface area contributed by atoms with Gasteiger partial charge < -0.3 is 14.4 Å². The Morgan fingerprint density at radius 1 is 1.23 bits per heavy atom. The van der Waals surface area contributed by atoms with Crippen molar-refractivity contribution in [3.05, 3.63) is 58.4 Å². The number of benzene rings is 1. The molecule has 2 aliphatic rings. The van der Waals surface area contributed by atoms with E-state index in [4.69, 9.17) is 14.5 Å². The summed E-state index contributed by atoms with van der Waals surface area (Å²) in [5.74, 6) is 0.968. The highest BCUT2D eigenvalue weighted by Crippen LogP contribution is 2.29. The highest BCUT2D eigenvalue weighted by Gasteiger charge is 2.35. The second-order valence-electron chi connectivity index (χ2n) is 7.03. The second-order valence-corrected chi connectivity index (χ2v) is 7.03. The van der Waals surface area contributed by atoms with E-state index in [9.17, 15) is 4.79 Å². The van der Waals surface area contributed by atoms with Gasteiger partial charge >= 0.3 is 0 Å². The van der Waals surface area contributed by atoms with Crippen molar-refractivity contribution in [2.24, 2.45) is 0 Å². The first kappa shape index (κ1) is 17.0. The van der Waals surface area contributed by atoms with Gasteiger partial charge in [-0.3, -0.25) is 9.78 Å². The van der Waals surface area contributed by atoms with Crippen LogP contribution in [0.2, 0.25) is 0 Å². The third-order valence-corrected chi connectivity index (χ3v) is 5.39. The third-order valence-electron chi connectivity index (χ3n) is 5.39. The van der Waals surface area contributed by atoms with Gasteiger partial charge in [0.05, 0.1) is 24.9 Å². The third kappa shape index (κ3) is 3.19. The van der Waals surface area contributed by atoms with Crippen LogP contribution in [0.15, 0.2) is 30.3 Å². The topological polar surface area (TPSA) is 51.7 Å². The molecule has 1 fully saturated rings. The number of amides is 1. The molecule has 136 valence electrons. The van der Waals surface area contributed by atoms with Crippen LogP contribution in [-0.4, -0.2) is 42.2 Å². The molecular weight excluding hydrogens is 328 g/mol. The molecule has 4 rings (SSSR count). The van der Waals surface area contributed by atoms with Crippen LogP contribution in [0.4, 0.5) is 0 Å². The maximum Gasteiger partial charge on any atom is 0.256 e. The van der Waals surface area contributed by atoms with Crippen LogP contribution in [0.3, 0.4) is 0 Å². The first-order valence-corrected chi connectivity index (χ1v) is 9.16. The van der Waals surface area contributed by atoms with E-state index in [0.717, 1.165) is 60.7 Å². The van der Waals surface area contributed by atoms with Gasteiger partial charge in [0.1, 0.15) is 5.75 Å². The van der Waals surface area contributed by atoms with Crippen molar-refractivity contribution in [1.82, 2.24) is 9.88 Å². The molecule has 0 atom stereocenters. The van der Waals surface area contributed by atoms with E-state index in [2.05, 4.69) is 12.1 Å². The summed E-state index contributed by atoms with van der Waals surface area (Å²) in [6, 6.07) is 10.4. The predicted molar refractivity (Wildman–Crippen MR) is 98.5 cm³/mol. The number of rotatable bonds is 4. The molecule has 0 spiro atoms. The van der Waals surface area contributed by atoms with E-state index in [-0.39, 0.29) is 11.9 Å². The van der Waals surface area contributed by atoms with Crippen molar-refractivity contribution in [3.63, 3.8) is 0 Å². The first-order chi connectivity index (χ1) is 12.7. The zero-order chi connectivity index (χ0) is 18.1. The maximum atomic E-state index is 12.9. The van der Waals surface area contributed by atoms with E-state index >= 15 is 0 Å². The average Bonchev–Trinajstić information content (AvgIpc) is 2.99. The maximum absolute atomic E-state index is 12.9. The number of carbonyl (C=O) groups is 1. The second kappa shape index (κ2) is 7.08. The van der Waals surface area contributed by atoms with Gasteiger partial charge in [0.25, 0.3) is 5.91 Å². The molecule has 1 amide bonds. The zero-order valence-electron chi connectivity index (χ0n) is 15.3. The van der Waals surface area contributed by atoms with Gasteiger partial charge in [-0.2, -0.15) is 0 Å². The molecule has 1 saturated heterocycles. The largest absolute Gasteiger partial charge is 0.497 e. The Labute approximate surface area is 153 Å². The molecule has 0 bridgehead atoms. The monoisotopic (exact) mass is 352 g/mol. The van der Waals surface area contributed by atoms with Crippen molar-refractivity contribution < 1.29 is 14.3 Å². The lowest BCUT2D eigenvalue weighted by atomic mass is 10.0. The van der Waals surface area contributed by atoms with Crippen LogP contribution in [-0.2, 0) is 17.7 Å². The first-order valence-electron chi connectivity index (χ1n) is 9.16. The molecule has 0 unspecified atom stereocenters. The van der Waals surface area contributed by atoms with Crippen LogP contribution in [0, 0.1) is 6.92 Å². The van der Waals surface area contributed by atoms with Crippen molar-refractivity contribution in [1.29, 1.82) is 0 Å². The summed E-state index contributed by atoms with van der Waals surface area (Å²) in [4.78, 5) is 19.7. The Morgan fingerprint density at radius 2 is 1.96 bits per heavy atom. The standard InChI is InChI=1S/C21H24N2O3/c1-14-16(11-15-3-5-18(25-2)6-4-15)12-19-20(22-14)13-23(21(19)24)17-7-9-26-10-8-17/h3-6,12,17H,7-11,13H2,1-2H3. The molecule has 0 radical (unpaired) electrons. The predicted octanol–water partition coefficient (Wildman–Crippen LogP) is 3.12. The molecule has 2 aromatic rings. The summed E-state index contributed by atoms with van der Waals surface area (Å²) >= 11 is 0. The van der Waals surface area contributed by atoms with Gasteiger partial charge in [-0.15, -0.1) is 0 Å². The fourth-order valence-electron chi connectivity index (χ4n) is 3.82. The van der Waals surface area contributed by atoms with E-state index in [1.165, 1.54) is 5.56 Å². The van der Waals surface area contributed by atoms with E-state index in [1.54, 1.807) is 7.11 Å². The lowest BCUT2D eigenvalue weighted by molar-refractivity contribution is 0.0302. The van der Waals surface area contributed by atoms with Crippen LogP contribution >= 0.6 is 0 Å². The van der Waals surface area contributed by atoms with Gasteiger partial charge in [-0.25, -0.2) is 0 Å². The van der Waals surface area contributed by atoms with Gasteiger partial charge in [0.2, 0.25) is 0 Å². The van der Waals surface area contributed by atoms with Crippen molar-refractivity contribution in [2.75, 3.05) is 20.3 Å². The number of methoxy groups -OCH3 is 1. The number of ether oxygens (including phenoxy) is 2. The zero-order valence-corrected chi connectivity index (χ0v) is 15.3. The molecule has 1 aromatic heterocycles. The molecule has 5 heteroatoms. The smallest absolute Gasteiger partial charge is 0.256 e. The number of hydrogen-bond donors (Lipinski definition) is 0. The molecule has 26 heavy (non-hydrogen) atoms. The Kier molecular flexibility index (Phi) is 4.64. The molecule has 0 N–H and O–H groups in total. The number of nitrogens with zero attached hydrogens (tertiary/aromatic N) is 2. The number of pyridine rings is 1. The molecule has 2 aliphatic heterocycles. The number of hydrogen-bond acceptors (Lipinski definition) is 4. The van der Waals surface area contributed by atoms with Crippen molar-refractivity contribution >= 4 is 5.91 Å². The summed E-state index contributed by atoms with van der Waals surface area (Å²) in [5, 5.41) is 0. The quantitative estimate of drug-likeness (QED) is 0.848. The molecule has 0 aliphatic carbocycles. The van der Waals surface area contributed by atoms with E-state index in [0.29, 0.717) is 6.54 Å². The number of carbonyl (C=O) groups excluding carboxylic acids is 1. The van der Waals surface area contributed by atoms with Crippen molar-refractivity contribution in [2.45, 2.75) is 38.8 Å². The molecular formula is C21H24N2O3. The SMILES string of the molecule is COc1ccc(Cc2cc3c(nc2C)CN(C2CCOCC2)C3=O)cc1. The number of fused-ring (bicyclic) bond motifs is 1. The minimum absolute atomic E-state index is 0.121. The van der Waals surface area contributed by atoms with Crippen LogP contribution in [0.5, 0.6) is 5.75 Å². The van der Waals surface area contributed by atoms with Gasteiger partial charge in [0.15, 0.2) is 0 Å². The highest BCUT2D eigenvalue weighted by atomic mass is 16.5. The minimum atomic E-state index is 0.121. The molecule has 0 saturated carbocycles. The van der Waals surface area contributed by atoms with Crippen molar-refractivity contribution in [3.8, 4) is 5.75 Å². The number of aryl methyl sites for hydroxylation is 1. The Bertz CT molecular complexity index is 811. The molecule has 3 heterocycles. The normalized spacial score (nSPS) is 17.5. The number of aromatic nitrogens is 1. The van der Waals surface area contributed by atoms with Gasteiger partial charge in [-0.05, 0) is 55.5 Å². The lowest BCUT2D eigenvalue weighted by Crippen LogP contribution is -2.39. The summed E-state index contributed by atoms with van der Waals surface area (Å²) in [5.41, 5.74) is 4.97. The molecule has 5 nitrogen and oxygen atoms in total. The Morgan fingerprint density at radius 3 is 2.65 bits per heavy atom. The van der Waals surface area contributed by atoms with Crippen LogP contribution in [0.25, 0.3) is 0 Å². The van der Waals surface area contributed by atoms with Crippen LogP contribution < -0.4 is 4.74 Å². The van der Waals surface area contributed by atoms with Gasteiger partial charge in [-0.1, -0.05) is 12.1 Å². The fourth-order valence-corrected chi connectivity index (χ4v) is 3.82. The Hall–Kier alpha value is -2.40. The minimum Gasteiger partial charge on any atom is -0.497 e. The highest BCUT2D eigenvalue weighted by molar-refractivity contribution is 5.98. The van der Waals surface area contributed by atoms with E-state index < -0.39 is 0 Å². The fraction of sp³-hybridized carbons (Fsp3) is 0.429. The lowest BCUT2D eigenvalue weighted by Gasteiger charge is -2.30. The Balaban J connectivity index is 1.56. The average molecular weight is 352 g/mol.